The molecule has 1 amide bonds. The Bertz CT molecular complexity index is 348. The lowest BCUT2D eigenvalue weighted by Crippen LogP contribution is -2.35. The van der Waals surface area contributed by atoms with E-state index in [1.165, 1.54) is 4.68 Å². The average molecular weight is 187 g/mol. The third-order valence-electron chi connectivity index (χ3n) is 1.86. The van der Waals surface area contributed by atoms with E-state index in [9.17, 15) is 13.6 Å². The molecule has 0 saturated heterocycles. The first-order chi connectivity index (χ1) is 6.18. The summed E-state index contributed by atoms with van der Waals surface area (Å²) >= 11 is 0. The zero-order valence-electron chi connectivity index (χ0n) is 6.63. The Kier molecular flexibility index (Phi) is 1.75. The zero-order chi connectivity index (χ0) is 9.42. The van der Waals surface area contributed by atoms with E-state index in [2.05, 4.69) is 10.4 Å². The third kappa shape index (κ3) is 1.28. The van der Waals surface area contributed by atoms with Gasteiger partial charge in [0.25, 0.3) is 12.3 Å². The van der Waals surface area contributed by atoms with Crippen LogP contribution in [0.15, 0.2) is 6.07 Å². The van der Waals surface area contributed by atoms with Gasteiger partial charge >= 0.3 is 0 Å². The summed E-state index contributed by atoms with van der Waals surface area (Å²) in [5.74, 6) is -0.342. The molecular weight excluding hydrogens is 180 g/mol. The predicted molar refractivity (Wildman–Crippen MR) is 39.5 cm³/mol. The highest BCUT2D eigenvalue weighted by Gasteiger charge is 2.22. The minimum atomic E-state index is -2.62. The van der Waals surface area contributed by atoms with Crippen LogP contribution in [0.5, 0.6) is 0 Å². The van der Waals surface area contributed by atoms with E-state index in [0.29, 0.717) is 13.1 Å². The number of halogens is 2. The van der Waals surface area contributed by atoms with Crippen LogP contribution in [-0.2, 0) is 6.54 Å². The maximum atomic E-state index is 12.2. The van der Waals surface area contributed by atoms with Gasteiger partial charge in [0.15, 0.2) is 0 Å². The molecule has 4 nitrogen and oxygen atoms in total. The van der Waals surface area contributed by atoms with Crippen molar-refractivity contribution in [2.24, 2.45) is 0 Å². The van der Waals surface area contributed by atoms with Gasteiger partial charge in [0, 0.05) is 6.54 Å². The summed E-state index contributed by atoms with van der Waals surface area (Å²) in [5.41, 5.74) is -0.131. The van der Waals surface area contributed by atoms with Crippen LogP contribution < -0.4 is 5.32 Å². The van der Waals surface area contributed by atoms with Gasteiger partial charge in [-0.25, -0.2) is 8.78 Å². The minimum absolute atomic E-state index is 0.210. The van der Waals surface area contributed by atoms with Gasteiger partial charge in [-0.3, -0.25) is 9.48 Å². The maximum absolute atomic E-state index is 12.2. The van der Waals surface area contributed by atoms with Crippen LogP contribution in [0, 0.1) is 0 Å². The molecule has 6 heteroatoms. The zero-order valence-corrected chi connectivity index (χ0v) is 6.63. The number of carbonyl (C=O) groups is 1. The average Bonchev–Trinajstić information content (AvgIpc) is 2.49. The van der Waals surface area contributed by atoms with Crippen LogP contribution in [-0.4, -0.2) is 22.2 Å². The lowest BCUT2D eigenvalue weighted by Gasteiger charge is -2.13. The number of carbonyl (C=O) groups excluding carboxylic acids is 1. The van der Waals surface area contributed by atoms with Crippen molar-refractivity contribution in [3.8, 4) is 0 Å². The summed E-state index contributed by atoms with van der Waals surface area (Å²) < 4.78 is 25.7. The van der Waals surface area contributed by atoms with E-state index < -0.39 is 6.43 Å². The molecule has 13 heavy (non-hydrogen) atoms. The molecule has 1 aliphatic rings. The molecule has 0 atom stereocenters. The van der Waals surface area contributed by atoms with Crippen molar-refractivity contribution in [3.63, 3.8) is 0 Å². The number of nitrogens with one attached hydrogen (secondary N) is 1. The molecule has 1 N–H and O–H groups in total. The lowest BCUT2D eigenvalue weighted by atomic mass is 10.3. The smallest absolute Gasteiger partial charge is 0.282 e. The quantitative estimate of drug-likeness (QED) is 0.698. The van der Waals surface area contributed by atoms with E-state index in [4.69, 9.17) is 0 Å². The topological polar surface area (TPSA) is 46.9 Å². The Balaban J connectivity index is 2.42. The molecule has 0 radical (unpaired) electrons. The molecule has 0 unspecified atom stereocenters. The van der Waals surface area contributed by atoms with E-state index in [1.54, 1.807) is 0 Å². The lowest BCUT2D eigenvalue weighted by molar-refractivity contribution is 0.0924. The number of hydrogen-bond acceptors (Lipinski definition) is 2. The van der Waals surface area contributed by atoms with Crippen molar-refractivity contribution in [1.29, 1.82) is 0 Å². The second kappa shape index (κ2) is 2.79. The van der Waals surface area contributed by atoms with Crippen LogP contribution in [0.25, 0.3) is 0 Å². The Morgan fingerprint density at radius 2 is 2.38 bits per heavy atom. The van der Waals surface area contributed by atoms with Crippen molar-refractivity contribution < 1.29 is 13.6 Å². The largest absolute Gasteiger partial charge is 0.349 e. The van der Waals surface area contributed by atoms with Gasteiger partial charge in [0.05, 0.1) is 6.54 Å². The summed E-state index contributed by atoms with van der Waals surface area (Å²) in [4.78, 5) is 11.1. The Labute approximate surface area is 72.5 Å². The summed E-state index contributed by atoms with van der Waals surface area (Å²) in [5, 5.41) is 6.15. The first-order valence-electron chi connectivity index (χ1n) is 3.82. The third-order valence-corrected chi connectivity index (χ3v) is 1.86. The van der Waals surface area contributed by atoms with Gasteiger partial charge in [0.1, 0.15) is 11.4 Å². The minimum Gasteiger partial charge on any atom is -0.349 e. The standard InChI is InChI=1S/C7H7F2N3O/c8-6(9)4-3-5-7(13)10-1-2-12(5)11-4/h3,6H,1-2H2,(H,10,13). The molecule has 0 fully saturated rings. The molecule has 2 heterocycles. The van der Waals surface area contributed by atoms with Crippen LogP contribution in [0.3, 0.4) is 0 Å². The normalized spacial score (nSPS) is 15.8. The first-order valence-corrected chi connectivity index (χ1v) is 3.82. The highest BCUT2D eigenvalue weighted by molar-refractivity contribution is 5.93. The van der Waals surface area contributed by atoms with Gasteiger partial charge in [-0.05, 0) is 6.07 Å². The SMILES string of the molecule is O=C1NCCn2nc(C(F)F)cc21. The Hall–Kier alpha value is -1.46. The fraction of sp³-hybridized carbons (Fsp3) is 0.429. The molecule has 1 aromatic heterocycles. The summed E-state index contributed by atoms with van der Waals surface area (Å²) in [6.45, 7) is 0.893. The van der Waals surface area contributed by atoms with Crippen molar-refractivity contribution in [1.82, 2.24) is 15.1 Å². The van der Waals surface area contributed by atoms with E-state index >= 15 is 0 Å². The second-order valence-electron chi connectivity index (χ2n) is 2.73. The fourth-order valence-electron chi connectivity index (χ4n) is 1.26. The number of aromatic nitrogens is 2. The van der Waals surface area contributed by atoms with Crippen LogP contribution in [0.1, 0.15) is 22.6 Å². The molecule has 0 saturated carbocycles. The molecule has 2 rings (SSSR count). The van der Waals surface area contributed by atoms with Gasteiger partial charge in [-0.1, -0.05) is 0 Å². The van der Waals surface area contributed by atoms with Crippen molar-refractivity contribution >= 4 is 5.91 Å². The predicted octanol–water partition coefficient (Wildman–Crippen LogP) is 0.564. The van der Waals surface area contributed by atoms with E-state index in [0.717, 1.165) is 6.07 Å². The number of fused-ring (bicyclic) bond motifs is 1. The highest BCUT2D eigenvalue weighted by Crippen LogP contribution is 2.19. The first kappa shape index (κ1) is 8.15. The monoisotopic (exact) mass is 187 g/mol. The summed E-state index contributed by atoms with van der Waals surface area (Å²) in [6.07, 6.45) is -2.62. The Morgan fingerprint density at radius 1 is 1.62 bits per heavy atom. The van der Waals surface area contributed by atoms with Gasteiger partial charge in [-0.2, -0.15) is 5.10 Å². The molecule has 70 valence electrons. The second-order valence-corrected chi connectivity index (χ2v) is 2.73. The molecule has 0 bridgehead atoms. The van der Waals surface area contributed by atoms with Crippen LogP contribution in [0.4, 0.5) is 8.78 Å². The van der Waals surface area contributed by atoms with E-state index in [1.807, 2.05) is 0 Å². The molecule has 0 spiro atoms. The van der Waals surface area contributed by atoms with Gasteiger partial charge in [0.2, 0.25) is 0 Å². The van der Waals surface area contributed by atoms with Crippen molar-refractivity contribution in [2.45, 2.75) is 13.0 Å². The van der Waals surface area contributed by atoms with Gasteiger partial charge in [-0.15, -0.1) is 0 Å². The molecular formula is C7H7F2N3O. The number of hydrogen-bond donors (Lipinski definition) is 1. The highest BCUT2D eigenvalue weighted by atomic mass is 19.3. The summed E-state index contributed by atoms with van der Waals surface area (Å²) in [7, 11) is 0. The maximum Gasteiger partial charge on any atom is 0.282 e. The number of alkyl halides is 2. The Morgan fingerprint density at radius 3 is 3.00 bits per heavy atom. The molecule has 0 aromatic carbocycles. The molecule has 0 aliphatic carbocycles. The van der Waals surface area contributed by atoms with E-state index in [-0.39, 0.29) is 17.3 Å². The van der Waals surface area contributed by atoms with Crippen LogP contribution >= 0.6 is 0 Å². The van der Waals surface area contributed by atoms with Crippen molar-refractivity contribution in [2.75, 3.05) is 6.54 Å². The number of amides is 1. The molecule has 1 aliphatic heterocycles. The van der Waals surface area contributed by atoms with Gasteiger partial charge < -0.3 is 5.32 Å². The summed E-state index contributed by atoms with van der Waals surface area (Å²) in [6, 6.07) is 1.12. The van der Waals surface area contributed by atoms with Crippen molar-refractivity contribution in [3.05, 3.63) is 17.5 Å². The van der Waals surface area contributed by atoms with Crippen LogP contribution in [0.2, 0.25) is 0 Å². The number of rotatable bonds is 1. The fourth-order valence-corrected chi connectivity index (χ4v) is 1.26. The molecule has 1 aromatic rings. The number of nitrogens with zero attached hydrogens (tertiary/aromatic N) is 2.